The van der Waals surface area contributed by atoms with Gasteiger partial charge in [0.1, 0.15) is 34.5 Å². The molecule has 0 aliphatic heterocycles. The van der Waals surface area contributed by atoms with Crippen LogP contribution in [0.1, 0.15) is 0 Å². The van der Waals surface area contributed by atoms with Gasteiger partial charge in [0.25, 0.3) is 0 Å². The molecule has 4 rings (SSSR count). The normalized spacial score (nSPS) is 12.2. The van der Waals surface area contributed by atoms with E-state index in [0.29, 0.717) is 27.8 Å². The molecular weight excluding hydrogens is 378 g/mol. The molecule has 1 aromatic carbocycles. The highest BCUT2D eigenvalue weighted by Gasteiger charge is 2.17. The Morgan fingerprint density at radius 1 is 1.25 bits per heavy atom. The number of aryl methyl sites for hydroxylation is 1. The summed E-state index contributed by atoms with van der Waals surface area (Å²) in [6.45, 7) is 0. The highest BCUT2D eigenvalue weighted by molar-refractivity contribution is 7.83. The number of nitrogens with one attached hydrogen (secondary N) is 3. The van der Waals surface area contributed by atoms with Crippen LogP contribution in [0.5, 0.6) is 5.75 Å². The maximum atomic E-state index is 12.1. The van der Waals surface area contributed by atoms with Crippen molar-refractivity contribution in [3.05, 3.63) is 43.0 Å². The Morgan fingerprint density at radius 3 is 2.82 bits per heavy atom. The zero-order valence-corrected chi connectivity index (χ0v) is 16.4. The average Bonchev–Trinajstić information content (AvgIpc) is 3.33. The van der Waals surface area contributed by atoms with Crippen molar-refractivity contribution in [1.29, 1.82) is 0 Å². The molecule has 0 radical (unpaired) electrons. The van der Waals surface area contributed by atoms with Gasteiger partial charge in [0.05, 0.1) is 28.8 Å². The van der Waals surface area contributed by atoms with Crippen molar-refractivity contribution in [3.63, 3.8) is 0 Å². The topological polar surface area (TPSA) is 110 Å². The van der Waals surface area contributed by atoms with Gasteiger partial charge in [-0.3, -0.25) is 4.68 Å². The fourth-order valence-electron chi connectivity index (χ4n) is 3.04. The molecule has 9 nitrogen and oxygen atoms in total. The van der Waals surface area contributed by atoms with Crippen LogP contribution >= 0.6 is 0 Å². The summed E-state index contributed by atoms with van der Waals surface area (Å²) in [5, 5.41) is 8.37. The number of aromatic amines is 1. The Kier molecular flexibility index (Phi) is 4.80. The lowest BCUT2D eigenvalue weighted by molar-refractivity contribution is 0.416. The zero-order valence-electron chi connectivity index (χ0n) is 15.6. The van der Waals surface area contributed by atoms with E-state index < -0.39 is 11.0 Å². The second-order valence-corrected chi connectivity index (χ2v) is 7.37. The largest absolute Gasteiger partial charge is 0.495 e. The molecule has 0 aliphatic carbocycles. The van der Waals surface area contributed by atoms with Crippen molar-refractivity contribution in [3.8, 4) is 17.0 Å². The minimum absolute atomic E-state index is 0.605. The summed E-state index contributed by atoms with van der Waals surface area (Å²) >= 11 is 0. The van der Waals surface area contributed by atoms with Crippen LogP contribution in [0.25, 0.3) is 22.3 Å². The van der Waals surface area contributed by atoms with Gasteiger partial charge in [-0.05, 0) is 31.3 Å². The maximum absolute atomic E-state index is 12.1. The van der Waals surface area contributed by atoms with Gasteiger partial charge >= 0.3 is 0 Å². The molecule has 0 amide bonds. The van der Waals surface area contributed by atoms with Gasteiger partial charge in [0.2, 0.25) is 0 Å². The standard InChI is InChI=1S/C18H19N7O2S/c1-19-28(26)11-4-5-15(27-3)13(8-11)24-18-16-12(14-6-7-23-25(14)2)9-20-17(16)21-10-22-18/h4-10,19H,1-3H3,(H2,20,21,22,24). The summed E-state index contributed by atoms with van der Waals surface area (Å²) in [6.07, 6.45) is 5.10. The van der Waals surface area contributed by atoms with Crippen molar-refractivity contribution < 1.29 is 8.95 Å². The molecule has 3 heterocycles. The van der Waals surface area contributed by atoms with Crippen molar-refractivity contribution in [2.24, 2.45) is 7.05 Å². The Labute approximate surface area is 163 Å². The van der Waals surface area contributed by atoms with Gasteiger partial charge in [-0.1, -0.05) is 0 Å². The van der Waals surface area contributed by atoms with E-state index >= 15 is 0 Å². The summed E-state index contributed by atoms with van der Waals surface area (Å²) in [5.74, 6) is 1.22. The number of hydrogen-bond donors (Lipinski definition) is 3. The minimum Gasteiger partial charge on any atom is -0.495 e. The second-order valence-electron chi connectivity index (χ2n) is 5.95. The van der Waals surface area contributed by atoms with Crippen LogP contribution in [0, 0.1) is 0 Å². The molecule has 0 fully saturated rings. The predicted octanol–water partition coefficient (Wildman–Crippen LogP) is 2.35. The second kappa shape index (κ2) is 7.41. The summed E-state index contributed by atoms with van der Waals surface area (Å²) < 4.78 is 22.1. The molecule has 144 valence electrons. The van der Waals surface area contributed by atoms with Crippen LogP contribution in [0.2, 0.25) is 0 Å². The molecule has 0 saturated heterocycles. The summed E-state index contributed by atoms with van der Waals surface area (Å²) in [6, 6.07) is 7.22. The number of hydrogen-bond acceptors (Lipinski definition) is 6. The number of nitrogens with zero attached hydrogens (tertiary/aromatic N) is 4. The summed E-state index contributed by atoms with van der Waals surface area (Å²) in [7, 11) is 3.79. The molecule has 0 bridgehead atoms. The van der Waals surface area contributed by atoms with Gasteiger partial charge in [0.15, 0.2) is 0 Å². The summed E-state index contributed by atoms with van der Waals surface area (Å²) in [5.41, 5.74) is 3.21. The third kappa shape index (κ3) is 3.12. The van der Waals surface area contributed by atoms with Gasteiger partial charge in [0, 0.05) is 25.0 Å². The van der Waals surface area contributed by atoms with Crippen molar-refractivity contribution >= 4 is 33.5 Å². The quantitative estimate of drug-likeness (QED) is 0.461. The molecule has 1 unspecified atom stereocenters. The number of rotatable bonds is 6. The molecule has 0 saturated carbocycles. The number of H-pyrrole nitrogens is 1. The van der Waals surface area contributed by atoms with Gasteiger partial charge in [-0.2, -0.15) is 5.10 Å². The maximum Gasteiger partial charge on any atom is 0.144 e. The minimum atomic E-state index is -1.32. The van der Waals surface area contributed by atoms with Crippen LogP contribution in [-0.4, -0.2) is 43.1 Å². The van der Waals surface area contributed by atoms with E-state index in [0.717, 1.165) is 16.6 Å². The lowest BCUT2D eigenvalue weighted by atomic mass is 10.1. The molecule has 28 heavy (non-hydrogen) atoms. The third-order valence-corrected chi connectivity index (χ3v) is 5.44. The van der Waals surface area contributed by atoms with Crippen LogP contribution < -0.4 is 14.8 Å². The predicted molar refractivity (Wildman–Crippen MR) is 108 cm³/mol. The van der Waals surface area contributed by atoms with Crippen LogP contribution in [0.15, 0.2) is 47.9 Å². The Bertz CT molecular complexity index is 1170. The van der Waals surface area contributed by atoms with Gasteiger partial charge < -0.3 is 15.0 Å². The fraction of sp³-hybridized carbons (Fsp3) is 0.167. The van der Waals surface area contributed by atoms with Crippen LogP contribution in [0.3, 0.4) is 0 Å². The van der Waals surface area contributed by atoms with E-state index in [1.165, 1.54) is 6.33 Å². The Balaban J connectivity index is 1.84. The number of ether oxygens (including phenoxy) is 1. The van der Waals surface area contributed by atoms with Gasteiger partial charge in [-0.25, -0.2) is 18.9 Å². The van der Waals surface area contributed by atoms with Crippen LogP contribution in [-0.2, 0) is 18.0 Å². The monoisotopic (exact) mass is 397 g/mol. The van der Waals surface area contributed by atoms with Crippen LogP contribution in [0.4, 0.5) is 11.5 Å². The third-order valence-electron chi connectivity index (χ3n) is 4.39. The molecular formula is C18H19N7O2S. The molecule has 0 spiro atoms. The Morgan fingerprint density at radius 2 is 2.11 bits per heavy atom. The van der Waals surface area contributed by atoms with E-state index in [2.05, 4.69) is 30.1 Å². The lowest BCUT2D eigenvalue weighted by Gasteiger charge is -2.13. The average molecular weight is 397 g/mol. The highest BCUT2D eigenvalue weighted by atomic mass is 32.2. The molecule has 3 aromatic heterocycles. The number of methoxy groups -OCH3 is 1. The smallest absolute Gasteiger partial charge is 0.144 e. The Hall–Kier alpha value is -3.24. The lowest BCUT2D eigenvalue weighted by Crippen LogP contribution is -2.11. The molecule has 10 heteroatoms. The van der Waals surface area contributed by atoms with E-state index in [1.54, 1.807) is 43.2 Å². The first kappa shape index (κ1) is 18.1. The van der Waals surface area contributed by atoms with E-state index in [1.807, 2.05) is 19.3 Å². The first-order valence-corrected chi connectivity index (χ1v) is 9.62. The number of aromatic nitrogens is 5. The highest BCUT2D eigenvalue weighted by Crippen LogP contribution is 2.35. The number of anilines is 2. The first-order valence-electron chi connectivity index (χ1n) is 8.47. The number of benzene rings is 1. The van der Waals surface area contributed by atoms with Crippen molar-refractivity contribution in [2.45, 2.75) is 4.90 Å². The molecule has 3 N–H and O–H groups in total. The van der Waals surface area contributed by atoms with E-state index in [9.17, 15) is 4.21 Å². The molecule has 4 aromatic rings. The zero-order chi connectivity index (χ0) is 19.7. The first-order chi connectivity index (χ1) is 13.6. The number of fused-ring (bicyclic) bond motifs is 1. The van der Waals surface area contributed by atoms with E-state index in [4.69, 9.17) is 4.74 Å². The summed E-state index contributed by atoms with van der Waals surface area (Å²) in [4.78, 5) is 12.5. The SMILES string of the molecule is CNS(=O)c1ccc(OC)c(Nc2ncnc3[nH]cc(-c4ccnn4C)c23)c1. The van der Waals surface area contributed by atoms with Gasteiger partial charge in [-0.15, -0.1) is 0 Å². The van der Waals surface area contributed by atoms with Crippen molar-refractivity contribution in [1.82, 2.24) is 29.5 Å². The fourth-order valence-corrected chi connectivity index (χ4v) is 3.70. The van der Waals surface area contributed by atoms with Crippen molar-refractivity contribution in [2.75, 3.05) is 19.5 Å². The molecule has 0 aliphatic rings. The van der Waals surface area contributed by atoms with E-state index in [-0.39, 0.29) is 0 Å². The molecule has 1 atom stereocenters.